The highest BCUT2D eigenvalue weighted by molar-refractivity contribution is 9.10. The minimum atomic E-state index is -0.0272. The molecule has 2 amide bonds. The molecule has 1 fully saturated rings. The number of nitrogens with two attached hydrogens (primary N) is 1. The SMILES string of the molecule is NCCC1CNC(=O)N(c2ccc(Br)cc2)C1. The van der Waals surface area contributed by atoms with Crippen molar-refractivity contribution in [3.8, 4) is 0 Å². The molecule has 0 aliphatic carbocycles. The molecule has 1 saturated heterocycles. The molecule has 1 aliphatic heterocycles. The number of benzene rings is 1. The van der Waals surface area contributed by atoms with Gasteiger partial charge in [-0.1, -0.05) is 15.9 Å². The highest BCUT2D eigenvalue weighted by atomic mass is 79.9. The molecule has 1 unspecified atom stereocenters. The van der Waals surface area contributed by atoms with Crippen LogP contribution in [0.4, 0.5) is 10.5 Å². The summed E-state index contributed by atoms with van der Waals surface area (Å²) in [4.78, 5) is 13.6. The van der Waals surface area contributed by atoms with Crippen molar-refractivity contribution in [2.75, 3.05) is 24.5 Å². The minimum Gasteiger partial charge on any atom is -0.337 e. The van der Waals surface area contributed by atoms with E-state index in [0.29, 0.717) is 12.5 Å². The van der Waals surface area contributed by atoms with Crippen molar-refractivity contribution in [2.45, 2.75) is 6.42 Å². The molecule has 0 aromatic heterocycles. The zero-order chi connectivity index (χ0) is 12.3. The molecule has 92 valence electrons. The molecule has 1 heterocycles. The Kier molecular flexibility index (Phi) is 4.02. The largest absolute Gasteiger partial charge is 0.337 e. The van der Waals surface area contributed by atoms with Crippen molar-refractivity contribution < 1.29 is 4.79 Å². The van der Waals surface area contributed by atoms with Crippen LogP contribution in [0.2, 0.25) is 0 Å². The van der Waals surface area contributed by atoms with Crippen LogP contribution >= 0.6 is 15.9 Å². The molecule has 1 aromatic carbocycles. The maximum atomic E-state index is 11.8. The molecular formula is C12H16BrN3O. The van der Waals surface area contributed by atoms with Crippen LogP contribution in [0.1, 0.15) is 6.42 Å². The number of hydrogen-bond acceptors (Lipinski definition) is 2. The molecule has 17 heavy (non-hydrogen) atoms. The predicted octanol–water partition coefficient (Wildman–Crippen LogP) is 1.94. The van der Waals surface area contributed by atoms with Gasteiger partial charge in [-0.25, -0.2) is 4.79 Å². The molecule has 1 aliphatic rings. The Hall–Kier alpha value is -1.07. The van der Waals surface area contributed by atoms with Gasteiger partial charge in [-0.3, -0.25) is 4.90 Å². The molecule has 0 radical (unpaired) electrons. The highest BCUT2D eigenvalue weighted by Crippen LogP contribution is 2.22. The number of amides is 2. The smallest absolute Gasteiger partial charge is 0.321 e. The van der Waals surface area contributed by atoms with Gasteiger partial charge in [0, 0.05) is 23.2 Å². The van der Waals surface area contributed by atoms with Gasteiger partial charge in [-0.2, -0.15) is 0 Å². The molecule has 0 spiro atoms. The number of anilines is 1. The number of halogens is 1. The van der Waals surface area contributed by atoms with E-state index in [1.54, 1.807) is 4.90 Å². The first-order valence-electron chi connectivity index (χ1n) is 5.71. The van der Waals surface area contributed by atoms with Crippen LogP contribution in [0.15, 0.2) is 28.7 Å². The summed E-state index contributed by atoms with van der Waals surface area (Å²) in [5.41, 5.74) is 6.48. The molecule has 5 heteroatoms. The maximum absolute atomic E-state index is 11.8. The Labute approximate surface area is 109 Å². The number of nitrogens with one attached hydrogen (secondary N) is 1. The van der Waals surface area contributed by atoms with Crippen molar-refractivity contribution in [2.24, 2.45) is 11.7 Å². The van der Waals surface area contributed by atoms with Crippen LogP contribution in [0, 0.1) is 5.92 Å². The van der Waals surface area contributed by atoms with E-state index < -0.39 is 0 Å². The van der Waals surface area contributed by atoms with E-state index in [1.165, 1.54) is 0 Å². The van der Waals surface area contributed by atoms with E-state index in [4.69, 9.17) is 5.73 Å². The summed E-state index contributed by atoms with van der Waals surface area (Å²) in [5, 5.41) is 2.90. The standard InChI is InChI=1S/C12H16BrN3O/c13-10-1-3-11(4-2-10)16-8-9(5-6-14)7-15-12(16)17/h1-4,9H,5-8,14H2,(H,15,17). The lowest BCUT2D eigenvalue weighted by molar-refractivity contribution is 0.236. The lowest BCUT2D eigenvalue weighted by Crippen LogP contribution is -2.51. The number of carbonyl (C=O) groups excluding carboxylic acids is 1. The second kappa shape index (κ2) is 5.51. The summed E-state index contributed by atoms with van der Waals surface area (Å²) in [6, 6.07) is 7.73. The van der Waals surface area contributed by atoms with Gasteiger partial charge in [0.05, 0.1) is 0 Å². The lowest BCUT2D eigenvalue weighted by Gasteiger charge is -2.33. The molecule has 4 nitrogen and oxygen atoms in total. The van der Waals surface area contributed by atoms with Crippen LogP contribution in [-0.4, -0.2) is 25.7 Å². The fourth-order valence-electron chi connectivity index (χ4n) is 2.01. The van der Waals surface area contributed by atoms with Gasteiger partial charge in [-0.05, 0) is 43.1 Å². The number of rotatable bonds is 3. The quantitative estimate of drug-likeness (QED) is 0.896. The summed E-state index contributed by atoms with van der Waals surface area (Å²) >= 11 is 3.39. The number of carbonyl (C=O) groups is 1. The fraction of sp³-hybridized carbons (Fsp3) is 0.417. The Morgan fingerprint density at radius 3 is 2.76 bits per heavy atom. The lowest BCUT2D eigenvalue weighted by atomic mass is 10.0. The van der Waals surface area contributed by atoms with Gasteiger partial charge in [-0.15, -0.1) is 0 Å². The average Bonchev–Trinajstić information content (AvgIpc) is 2.33. The van der Waals surface area contributed by atoms with Crippen molar-refractivity contribution in [1.82, 2.24) is 5.32 Å². The van der Waals surface area contributed by atoms with Crippen LogP contribution in [0.3, 0.4) is 0 Å². The molecule has 3 N–H and O–H groups in total. The van der Waals surface area contributed by atoms with E-state index >= 15 is 0 Å². The third kappa shape index (κ3) is 2.98. The molecule has 2 rings (SSSR count). The number of urea groups is 1. The number of hydrogen-bond donors (Lipinski definition) is 2. The van der Waals surface area contributed by atoms with E-state index in [0.717, 1.165) is 29.7 Å². The Morgan fingerprint density at radius 1 is 1.41 bits per heavy atom. The summed E-state index contributed by atoms with van der Waals surface area (Å²) < 4.78 is 1.01. The van der Waals surface area contributed by atoms with Crippen molar-refractivity contribution in [1.29, 1.82) is 0 Å². The van der Waals surface area contributed by atoms with E-state index in [-0.39, 0.29) is 6.03 Å². The average molecular weight is 298 g/mol. The summed E-state index contributed by atoms with van der Waals surface area (Å²) in [7, 11) is 0. The van der Waals surface area contributed by atoms with E-state index in [9.17, 15) is 4.79 Å². The number of nitrogens with zero attached hydrogens (tertiary/aromatic N) is 1. The summed E-state index contributed by atoms with van der Waals surface area (Å²) in [5.74, 6) is 0.432. The molecule has 0 bridgehead atoms. The van der Waals surface area contributed by atoms with Crippen molar-refractivity contribution in [3.63, 3.8) is 0 Å². The van der Waals surface area contributed by atoms with Gasteiger partial charge < -0.3 is 11.1 Å². The summed E-state index contributed by atoms with van der Waals surface area (Å²) in [6.45, 7) is 2.13. The van der Waals surface area contributed by atoms with Crippen LogP contribution < -0.4 is 16.0 Å². The van der Waals surface area contributed by atoms with Gasteiger partial charge in [0.2, 0.25) is 0 Å². The predicted molar refractivity (Wildman–Crippen MR) is 72.0 cm³/mol. The van der Waals surface area contributed by atoms with Crippen molar-refractivity contribution >= 4 is 27.6 Å². The Balaban J connectivity index is 2.12. The summed E-state index contributed by atoms with van der Waals surface area (Å²) in [6.07, 6.45) is 0.938. The van der Waals surface area contributed by atoms with Crippen LogP contribution in [0.25, 0.3) is 0 Å². The van der Waals surface area contributed by atoms with Gasteiger partial charge in [0.15, 0.2) is 0 Å². The Morgan fingerprint density at radius 2 is 2.12 bits per heavy atom. The van der Waals surface area contributed by atoms with E-state index in [1.807, 2.05) is 24.3 Å². The minimum absolute atomic E-state index is 0.0272. The Bertz CT molecular complexity index is 393. The van der Waals surface area contributed by atoms with Gasteiger partial charge in [0.25, 0.3) is 0 Å². The van der Waals surface area contributed by atoms with Crippen LogP contribution in [-0.2, 0) is 0 Å². The third-order valence-electron chi connectivity index (χ3n) is 2.94. The van der Waals surface area contributed by atoms with Gasteiger partial charge in [0.1, 0.15) is 0 Å². The topological polar surface area (TPSA) is 58.4 Å². The first-order valence-corrected chi connectivity index (χ1v) is 6.51. The third-order valence-corrected chi connectivity index (χ3v) is 3.47. The van der Waals surface area contributed by atoms with Gasteiger partial charge >= 0.3 is 6.03 Å². The first-order chi connectivity index (χ1) is 8.20. The second-order valence-electron chi connectivity index (χ2n) is 4.22. The second-order valence-corrected chi connectivity index (χ2v) is 5.13. The van der Waals surface area contributed by atoms with Crippen molar-refractivity contribution in [3.05, 3.63) is 28.7 Å². The molecule has 1 aromatic rings. The molecule has 1 atom stereocenters. The highest BCUT2D eigenvalue weighted by Gasteiger charge is 2.25. The molecule has 0 saturated carbocycles. The van der Waals surface area contributed by atoms with E-state index in [2.05, 4.69) is 21.2 Å². The first kappa shape index (κ1) is 12.4. The molecular weight excluding hydrogens is 282 g/mol. The monoisotopic (exact) mass is 297 g/mol. The fourth-order valence-corrected chi connectivity index (χ4v) is 2.27. The zero-order valence-corrected chi connectivity index (χ0v) is 11.1. The van der Waals surface area contributed by atoms with Crippen LogP contribution in [0.5, 0.6) is 0 Å². The zero-order valence-electron chi connectivity index (χ0n) is 9.53. The maximum Gasteiger partial charge on any atom is 0.321 e. The normalized spacial score (nSPS) is 20.2.